The first-order valence-corrected chi connectivity index (χ1v) is 18.4. The highest BCUT2D eigenvalue weighted by molar-refractivity contribution is 7.16. The van der Waals surface area contributed by atoms with Crippen molar-refractivity contribution < 1.29 is 19.2 Å². The van der Waals surface area contributed by atoms with E-state index in [-0.39, 0.29) is 23.4 Å². The smallest absolute Gasteiger partial charge is 0.410 e. The lowest BCUT2D eigenvalue weighted by molar-refractivity contribution is -0.150. The third kappa shape index (κ3) is 7.05. The number of amides is 1. The predicted octanol–water partition coefficient (Wildman–Crippen LogP) is 3.82. The molecular weight excluding hydrogens is 657 g/mol. The lowest BCUT2D eigenvalue weighted by Gasteiger charge is -2.31. The Labute approximate surface area is 298 Å². The number of carbonyl (C=O) groups is 2. The van der Waals surface area contributed by atoms with E-state index in [1.165, 1.54) is 11.3 Å². The number of fused-ring (bicyclic) bond motifs is 1. The van der Waals surface area contributed by atoms with Gasteiger partial charge in [0.05, 0.1) is 11.0 Å². The Kier molecular flexibility index (Phi) is 9.64. The Morgan fingerprint density at radius 1 is 1.12 bits per heavy atom. The Morgan fingerprint density at radius 3 is 2.62 bits per heavy atom. The Hall–Kier alpha value is -4.16. The number of aromatic nitrogens is 2. The van der Waals surface area contributed by atoms with E-state index >= 15 is 0 Å². The third-order valence-electron chi connectivity index (χ3n) is 10.5. The van der Waals surface area contributed by atoms with Crippen LogP contribution >= 0.6 is 11.3 Å². The standard InChI is InChI=1S/C35H50N10O4S/c1-22-19-42(6)13-8-14-45(22)31-39-24(28(37)41-49-30(46)34(5)10-7-9-25-27(34)23(18-36)29(38)50-25)17-26(40-31)43-15-11-35(20-43)12-16-44(21-35)32(47)48-33(2,3)4/h17,22H,7-16,19-21,38H2,1-6H3,(H2,37,41)/t22-,34-,35?/m0/s1. The number of hydrogen-bond donors (Lipinski definition) is 2. The van der Waals surface area contributed by atoms with Crippen molar-refractivity contribution in [1.82, 2.24) is 19.8 Å². The molecule has 1 unspecified atom stereocenters. The molecule has 270 valence electrons. The van der Waals surface area contributed by atoms with Gasteiger partial charge in [0.15, 0.2) is 5.84 Å². The van der Waals surface area contributed by atoms with Crippen molar-refractivity contribution in [3.63, 3.8) is 0 Å². The summed E-state index contributed by atoms with van der Waals surface area (Å²) in [6, 6.07) is 4.14. The molecule has 3 aliphatic heterocycles. The molecule has 0 saturated carbocycles. The van der Waals surface area contributed by atoms with E-state index in [1.54, 1.807) is 13.0 Å². The number of aryl methyl sites for hydroxylation is 1. The van der Waals surface area contributed by atoms with Crippen LogP contribution in [-0.4, -0.2) is 102 Å². The summed E-state index contributed by atoms with van der Waals surface area (Å²) in [5, 5.41) is 14.4. The molecule has 0 aromatic carbocycles. The summed E-state index contributed by atoms with van der Waals surface area (Å²) in [7, 11) is 2.12. The molecule has 50 heavy (non-hydrogen) atoms. The van der Waals surface area contributed by atoms with Crippen LogP contribution in [0.15, 0.2) is 11.2 Å². The number of anilines is 3. The number of amidine groups is 1. The maximum absolute atomic E-state index is 13.7. The van der Waals surface area contributed by atoms with E-state index in [9.17, 15) is 14.9 Å². The summed E-state index contributed by atoms with van der Waals surface area (Å²) in [4.78, 5) is 51.5. The molecule has 3 fully saturated rings. The van der Waals surface area contributed by atoms with E-state index in [0.29, 0.717) is 53.1 Å². The lowest BCUT2D eigenvalue weighted by Crippen LogP contribution is -2.40. The number of nitrogen functional groups attached to an aromatic ring is 1. The fourth-order valence-corrected chi connectivity index (χ4v) is 9.12. The molecule has 1 aliphatic carbocycles. The van der Waals surface area contributed by atoms with Gasteiger partial charge in [0.2, 0.25) is 5.95 Å². The number of rotatable bonds is 5. The second-order valence-corrected chi connectivity index (χ2v) is 16.8. The van der Waals surface area contributed by atoms with Crippen molar-refractivity contribution in [3.05, 3.63) is 27.8 Å². The van der Waals surface area contributed by atoms with Crippen LogP contribution in [0, 0.1) is 16.7 Å². The van der Waals surface area contributed by atoms with Gasteiger partial charge in [-0.15, -0.1) is 11.3 Å². The zero-order valence-corrected chi connectivity index (χ0v) is 30.9. The molecule has 4 aliphatic rings. The van der Waals surface area contributed by atoms with Crippen molar-refractivity contribution >= 4 is 46.0 Å². The first-order chi connectivity index (χ1) is 23.6. The molecule has 4 N–H and O–H groups in total. The number of nitrogens with two attached hydrogens (primary N) is 2. The van der Waals surface area contributed by atoms with Gasteiger partial charge in [-0.25, -0.2) is 14.6 Å². The van der Waals surface area contributed by atoms with Crippen molar-refractivity contribution in [2.45, 2.75) is 90.2 Å². The van der Waals surface area contributed by atoms with Gasteiger partial charge in [0.25, 0.3) is 0 Å². The number of oxime groups is 1. The van der Waals surface area contributed by atoms with Gasteiger partial charge < -0.3 is 40.6 Å². The van der Waals surface area contributed by atoms with Crippen LogP contribution in [-0.2, 0) is 26.2 Å². The van der Waals surface area contributed by atoms with Gasteiger partial charge in [-0.3, -0.25) is 0 Å². The fraction of sp³-hybridized carbons (Fsp3) is 0.657. The van der Waals surface area contributed by atoms with Crippen LogP contribution in [0.2, 0.25) is 0 Å². The largest absolute Gasteiger partial charge is 0.444 e. The molecule has 14 nitrogen and oxygen atoms in total. The van der Waals surface area contributed by atoms with Crippen LogP contribution < -0.4 is 21.3 Å². The van der Waals surface area contributed by atoms with E-state index in [1.807, 2.05) is 25.7 Å². The first-order valence-electron chi connectivity index (χ1n) is 17.6. The van der Waals surface area contributed by atoms with Crippen molar-refractivity contribution in [1.29, 1.82) is 5.26 Å². The molecule has 2 aromatic heterocycles. The number of thiophene rings is 1. The maximum atomic E-state index is 13.7. The van der Waals surface area contributed by atoms with Gasteiger partial charge in [-0.05, 0) is 86.7 Å². The van der Waals surface area contributed by atoms with Crippen molar-refractivity contribution in [2.24, 2.45) is 16.3 Å². The lowest BCUT2D eigenvalue weighted by atomic mass is 9.72. The number of likely N-dealkylation sites (N-methyl/N-ethyl adjacent to an activating group) is 1. The molecule has 0 radical (unpaired) electrons. The van der Waals surface area contributed by atoms with E-state index in [2.05, 4.69) is 39.9 Å². The highest BCUT2D eigenvalue weighted by Crippen LogP contribution is 2.46. The fourth-order valence-electron chi connectivity index (χ4n) is 7.93. The van der Waals surface area contributed by atoms with Crippen LogP contribution in [0.5, 0.6) is 0 Å². The SMILES string of the molecule is C[C@H]1CN(C)CCCN1c1nc(/C(N)=N/OC(=O)[C@@]2(C)CCCc3sc(N)c(C#N)c32)cc(N2CCC3(CCN(C(=O)OC(C)(C)C)C3)C2)n1. The minimum Gasteiger partial charge on any atom is -0.444 e. The van der Waals surface area contributed by atoms with E-state index in [4.69, 9.17) is 31.0 Å². The molecule has 3 atom stereocenters. The Morgan fingerprint density at radius 2 is 1.88 bits per heavy atom. The quantitative estimate of drug-likeness (QED) is 0.199. The third-order valence-corrected chi connectivity index (χ3v) is 11.6. The molecule has 3 saturated heterocycles. The zero-order chi connectivity index (χ0) is 36.0. The van der Waals surface area contributed by atoms with E-state index < -0.39 is 17.0 Å². The summed E-state index contributed by atoms with van der Waals surface area (Å²) in [6.45, 7) is 15.0. The highest BCUT2D eigenvalue weighted by atomic mass is 32.1. The second kappa shape index (κ2) is 13.5. The van der Waals surface area contributed by atoms with Gasteiger partial charge in [0, 0.05) is 67.2 Å². The van der Waals surface area contributed by atoms with Crippen LogP contribution in [0.25, 0.3) is 0 Å². The molecule has 6 rings (SSSR count). The van der Waals surface area contributed by atoms with Gasteiger partial charge in [0.1, 0.15) is 28.2 Å². The predicted molar refractivity (Wildman–Crippen MR) is 193 cm³/mol. The summed E-state index contributed by atoms with van der Waals surface area (Å²) >= 11 is 1.36. The van der Waals surface area contributed by atoms with Crippen molar-refractivity contribution in [2.75, 3.05) is 68.4 Å². The highest BCUT2D eigenvalue weighted by Gasteiger charge is 2.47. The minimum atomic E-state index is -1.08. The summed E-state index contributed by atoms with van der Waals surface area (Å²) < 4.78 is 5.66. The van der Waals surface area contributed by atoms with Crippen LogP contribution in [0.3, 0.4) is 0 Å². The number of likely N-dealkylation sites (tertiary alicyclic amines) is 1. The maximum Gasteiger partial charge on any atom is 0.410 e. The number of carbonyl (C=O) groups excluding carboxylic acids is 2. The average Bonchev–Trinajstić information content (AvgIpc) is 3.74. The van der Waals surface area contributed by atoms with Crippen LogP contribution in [0.1, 0.15) is 88.4 Å². The Bertz CT molecular complexity index is 1720. The van der Waals surface area contributed by atoms with Gasteiger partial charge in [-0.1, -0.05) is 5.16 Å². The van der Waals surface area contributed by atoms with E-state index in [0.717, 1.165) is 69.7 Å². The normalized spacial score (nSPS) is 26.1. The molecule has 2 aromatic rings. The first kappa shape index (κ1) is 35.7. The average molecular weight is 707 g/mol. The minimum absolute atomic E-state index is 0.0429. The summed E-state index contributed by atoms with van der Waals surface area (Å²) in [5.41, 5.74) is 12.3. The molecule has 1 spiro atoms. The second-order valence-electron chi connectivity index (χ2n) is 15.7. The van der Waals surface area contributed by atoms with Gasteiger partial charge >= 0.3 is 12.1 Å². The zero-order valence-electron chi connectivity index (χ0n) is 30.1. The number of hydrogen-bond acceptors (Lipinski definition) is 13. The molecular formula is C35H50N10O4S. The Balaban J connectivity index is 1.27. The number of nitrogens with zero attached hydrogens (tertiary/aromatic N) is 8. The number of ether oxygens (including phenoxy) is 1. The monoisotopic (exact) mass is 706 g/mol. The molecule has 15 heteroatoms. The van der Waals surface area contributed by atoms with Crippen molar-refractivity contribution in [3.8, 4) is 6.07 Å². The van der Waals surface area contributed by atoms with Gasteiger partial charge in [-0.2, -0.15) is 10.2 Å². The summed E-state index contributed by atoms with van der Waals surface area (Å²) in [5.74, 6) is 0.623. The molecule has 0 bridgehead atoms. The summed E-state index contributed by atoms with van der Waals surface area (Å²) in [6.07, 6.45) is 4.49. The molecule has 1 amide bonds. The topological polar surface area (TPSA) is 180 Å². The number of nitriles is 1. The molecule has 5 heterocycles. The van der Waals surface area contributed by atoms with Crippen LogP contribution in [0.4, 0.5) is 21.6 Å².